The summed E-state index contributed by atoms with van der Waals surface area (Å²) in [7, 11) is 1.98. The summed E-state index contributed by atoms with van der Waals surface area (Å²) in [5.41, 5.74) is 4.62. The standard InChI is InChI=1S/C16H23N5/c1-12-15(13(2)20(3)19-12)11-17-14-6-7-16(18-10-14)21-8-4-5-9-21/h6-7,10,17H,4-5,8-9,11H2,1-3H3. The van der Waals surface area contributed by atoms with Gasteiger partial charge in [-0.1, -0.05) is 0 Å². The predicted molar refractivity (Wildman–Crippen MR) is 85.7 cm³/mol. The van der Waals surface area contributed by atoms with E-state index < -0.39 is 0 Å². The van der Waals surface area contributed by atoms with E-state index >= 15 is 0 Å². The number of pyridine rings is 1. The first-order chi connectivity index (χ1) is 10.1. The van der Waals surface area contributed by atoms with E-state index in [9.17, 15) is 0 Å². The molecule has 1 fully saturated rings. The highest BCUT2D eigenvalue weighted by Crippen LogP contribution is 2.20. The lowest BCUT2D eigenvalue weighted by Gasteiger charge is -2.16. The first-order valence-corrected chi connectivity index (χ1v) is 7.59. The molecule has 0 aliphatic carbocycles. The fraction of sp³-hybridized carbons (Fsp3) is 0.500. The van der Waals surface area contributed by atoms with Gasteiger partial charge in [0.05, 0.1) is 17.6 Å². The third-order valence-corrected chi connectivity index (χ3v) is 4.31. The molecule has 0 bridgehead atoms. The van der Waals surface area contributed by atoms with Crippen LogP contribution in [0.1, 0.15) is 29.8 Å². The number of hydrogen-bond donors (Lipinski definition) is 1. The van der Waals surface area contributed by atoms with Crippen LogP contribution in [0.25, 0.3) is 0 Å². The van der Waals surface area contributed by atoms with Gasteiger partial charge in [0, 0.05) is 37.9 Å². The zero-order valence-electron chi connectivity index (χ0n) is 13.1. The summed E-state index contributed by atoms with van der Waals surface area (Å²) in [6.07, 6.45) is 4.48. The molecule has 0 amide bonds. The van der Waals surface area contributed by atoms with Crippen molar-refractivity contribution in [3.05, 3.63) is 35.3 Å². The SMILES string of the molecule is Cc1nn(C)c(C)c1CNc1ccc(N2CCCC2)nc1. The quantitative estimate of drug-likeness (QED) is 0.938. The van der Waals surface area contributed by atoms with Crippen LogP contribution in [0.15, 0.2) is 18.3 Å². The molecule has 5 heteroatoms. The third kappa shape index (κ3) is 2.86. The van der Waals surface area contributed by atoms with Gasteiger partial charge in [-0.15, -0.1) is 0 Å². The molecule has 0 saturated carbocycles. The molecule has 21 heavy (non-hydrogen) atoms. The van der Waals surface area contributed by atoms with Crippen molar-refractivity contribution in [2.75, 3.05) is 23.3 Å². The van der Waals surface area contributed by atoms with E-state index in [2.05, 4.69) is 46.3 Å². The fourth-order valence-corrected chi connectivity index (χ4v) is 2.89. The van der Waals surface area contributed by atoms with Gasteiger partial charge in [-0.2, -0.15) is 5.10 Å². The van der Waals surface area contributed by atoms with Crippen LogP contribution in [-0.2, 0) is 13.6 Å². The lowest BCUT2D eigenvalue weighted by molar-refractivity contribution is 0.730. The molecule has 0 unspecified atom stereocenters. The minimum Gasteiger partial charge on any atom is -0.380 e. The molecule has 2 aromatic rings. The van der Waals surface area contributed by atoms with Gasteiger partial charge in [-0.05, 0) is 38.8 Å². The average molecular weight is 285 g/mol. The largest absolute Gasteiger partial charge is 0.380 e. The molecular weight excluding hydrogens is 262 g/mol. The maximum atomic E-state index is 4.57. The molecule has 1 N–H and O–H groups in total. The fourth-order valence-electron chi connectivity index (χ4n) is 2.89. The molecule has 2 aromatic heterocycles. The summed E-state index contributed by atoms with van der Waals surface area (Å²) in [4.78, 5) is 6.91. The van der Waals surface area contributed by atoms with Crippen molar-refractivity contribution in [3.63, 3.8) is 0 Å². The molecular formula is C16H23N5. The van der Waals surface area contributed by atoms with Crippen LogP contribution in [0.5, 0.6) is 0 Å². The molecule has 0 aromatic carbocycles. The van der Waals surface area contributed by atoms with Gasteiger partial charge in [0.15, 0.2) is 0 Å². The Morgan fingerprint density at radius 1 is 1.19 bits per heavy atom. The summed E-state index contributed by atoms with van der Waals surface area (Å²) in [5, 5.41) is 7.88. The molecule has 3 rings (SSSR count). The van der Waals surface area contributed by atoms with Gasteiger partial charge in [0.2, 0.25) is 0 Å². The zero-order valence-corrected chi connectivity index (χ0v) is 13.1. The van der Waals surface area contributed by atoms with E-state index in [1.54, 1.807) is 0 Å². The second-order valence-corrected chi connectivity index (χ2v) is 5.73. The van der Waals surface area contributed by atoms with Crippen LogP contribution >= 0.6 is 0 Å². The number of nitrogens with one attached hydrogen (secondary N) is 1. The van der Waals surface area contributed by atoms with Crippen molar-refractivity contribution in [1.29, 1.82) is 0 Å². The lowest BCUT2D eigenvalue weighted by Crippen LogP contribution is -2.18. The molecule has 1 aliphatic heterocycles. The Labute approximate surface area is 126 Å². The zero-order chi connectivity index (χ0) is 14.8. The second-order valence-electron chi connectivity index (χ2n) is 5.73. The van der Waals surface area contributed by atoms with Crippen LogP contribution in [-0.4, -0.2) is 27.9 Å². The minimum absolute atomic E-state index is 0.788. The summed E-state index contributed by atoms with van der Waals surface area (Å²) < 4.78 is 1.93. The highest BCUT2D eigenvalue weighted by atomic mass is 15.3. The van der Waals surface area contributed by atoms with Crippen LogP contribution in [0, 0.1) is 13.8 Å². The Kier molecular flexibility index (Phi) is 3.82. The predicted octanol–water partition coefficient (Wildman–Crippen LogP) is 2.64. The van der Waals surface area contributed by atoms with E-state index in [1.165, 1.54) is 24.1 Å². The van der Waals surface area contributed by atoms with Crippen molar-refractivity contribution in [3.8, 4) is 0 Å². The Hall–Kier alpha value is -2.04. The van der Waals surface area contributed by atoms with Crippen molar-refractivity contribution in [1.82, 2.24) is 14.8 Å². The average Bonchev–Trinajstić information content (AvgIpc) is 3.09. The third-order valence-electron chi connectivity index (χ3n) is 4.31. The van der Waals surface area contributed by atoms with Crippen LogP contribution < -0.4 is 10.2 Å². The van der Waals surface area contributed by atoms with Crippen molar-refractivity contribution in [2.24, 2.45) is 7.05 Å². The number of aryl methyl sites for hydroxylation is 2. The van der Waals surface area contributed by atoms with E-state index in [-0.39, 0.29) is 0 Å². The molecule has 0 atom stereocenters. The molecule has 0 spiro atoms. The van der Waals surface area contributed by atoms with E-state index in [1.807, 2.05) is 17.9 Å². The van der Waals surface area contributed by atoms with E-state index in [0.29, 0.717) is 0 Å². The minimum atomic E-state index is 0.788. The Bertz CT molecular complexity index is 608. The van der Waals surface area contributed by atoms with Crippen molar-refractivity contribution in [2.45, 2.75) is 33.2 Å². The highest BCUT2D eigenvalue weighted by Gasteiger charge is 2.13. The molecule has 5 nitrogen and oxygen atoms in total. The monoisotopic (exact) mass is 285 g/mol. The van der Waals surface area contributed by atoms with Gasteiger partial charge in [0.1, 0.15) is 5.82 Å². The number of rotatable bonds is 4. The van der Waals surface area contributed by atoms with Gasteiger partial charge in [-0.25, -0.2) is 4.98 Å². The van der Waals surface area contributed by atoms with Gasteiger partial charge in [-0.3, -0.25) is 4.68 Å². The molecule has 1 saturated heterocycles. The summed E-state index contributed by atoms with van der Waals surface area (Å²) in [6, 6.07) is 4.22. The van der Waals surface area contributed by atoms with Crippen molar-refractivity contribution < 1.29 is 0 Å². The van der Waals surface area contributed by atoms with Crippen LogP contribution in [0.3, 0.4) is 0 Å². The Morgan fingerprint density at radius 2 is 1.95 bits per heavy atom. The van der Waals surface area contributed by atoms with Crippen molar-refractivity contribution >= 4 is 11.5 Å². The number of nitrogens with zero attached hydrogens (tertiary/aromatic N) is 4. The number of hydrogen-bond acceptors (Lipinski definition) is 4. The van der Waals surface area contributed by atoms with Gasteiger partial charge >= 0.3 is 0 Å². The molecule has 1 aliphatic rings. The Morgan fingerprint density at radius 3 is 2.52 bits per heavy atom. The van der Waals surface area contributed by atoms with Gasteiger partial charge < -0.3 is 10.2 Å². The highest BCUT2D eigenvalue weighted by molar-refractivity contribution is 5.49. The van der Waals surface area contributed by atoms with E-state index in [0.717, 1.165) is 36.8 Å². The number of aromatic nitrogens is 3. The summed E-state index contributed by atoms with van der Waals surface area (Å²) in [6.45, 7) is 7.21. The smallest absolute Gasteiger partial charge is 0.128 e. The molecule has 0 radical (unpaired) electrons. The molecule has 3 heterocycles. The first-order valence-electron chi connectivity index (χ1n) is 7.59. The summed E-state index contributed by atoms with van der Waals surface area (Å²) >= 11 is 0. The lowest BCUT2D eigenvalue weighted by atomic mass is 10.2. The number of anilines is 2. The second kappa shape index (κ2) is 5.76. The molecule has 112 valence electrons. The van der Waals surface area contributed by atoms with Crippen LogP contribution in [0.4, 0.5) is 11.5 Å². The maximum Gasteiger partial charge on any atom is 0.128 e. The summed E-state index contributed by atoms with van der Waals surface area (Å²) in [5.74, 6) is 1.09. The maximum absolute atomic E-state index is 4.57. The topological polar surface area (TPSA) is 46.0 Å². The normalized spacial score (nSPS) is 14.7. The van der Waals surface area contributed by atoms with E-state index in [4.69, 9.17) is 0 Å². The van der Waals surface area contributed by atoms with Crippen LogP contribution in [0.2, 0.25) is 0 Å². The first kappa shape index (κ1) is 13.9. The Balaban J connectivity index is 1.65. The van der Waals surface area contributed by atoms with Gasteiger partial charge in [0.25, 0.3) is 0 Å².